The smallest absolute Gasteiger partial charge is 0.119 e. The standard InChI is InChI=1S/C12H16O2/c1-12(2)7-11(13)9-6-8(14-3)4-5-10(9)12/h4-6,11,13H,7H2,1-3H3/t11-/m1/s1. The van der Waals surface area contributed by atoms with Crippen molar-refractivity contribution in [3.05, 3.63) is 29.3 Å². The molecule has 0 spiro atoms. The number of aliphatic hydroxyl groups excluding tert-OH is 1. The van der Waals surface area contributed by atoms with E-state index in [2.05, 4.69) is 19.9 Å². The van der Waals surface area contributed by atoms with Crippen LogP contribution in [0.4, 0.5) is 0 Å². The Hall–Kier alpha value is -1.02. The Bertz CT molecular complexity index is 355. The molecule has 0 fully saturated rings. The van der Waals surface area contributed by atoms with Crippen LogP contribution < -0.4 is 4.74 Å². The number of benzene rings is 1. The highest BCUT2D eigenvalue weighted by Crippen LogP contribution is 2.45. The lowest BCUT2D eigenvalue weighted by atomic mass is 9.86. The Labute approximate surface area is 84.5 Å². The first-order valence-electron chi connectivity index (χ1n) is 4.91. The summed E-state index contributed by atoms with van der Waals surface area (Å²) in [4.78, 5) is 0. The second kappa shape index (κ2) is 2.99. The van der Waals surface area contributed by atoms with E-state index in [0.29, 0.717) is 0 Å². The van der Waals surface area contributed by atoms with Crippen molar-refractivity contribution in [2.75, 3.05) is 7.11 Å². The first-order valence-corrected chi connectivity index (χ1v) is 4.91. The largest absolute Gasteiger partial charge is 0.497 e. The average Bonchev–Trinajstić information content (AvgIpc) is 2.37. The van der Waals surface area contributed by atoms with Crippen molar-refractivity contribution in [1.29, 1.82) is 0 Å². The van der Waals surface area contributed by atoms with Crippen molar-refractivity contribution in [3.8, 4) is 5.75 Å². The Morgan fingerprint density at radius 2 is 2.14 bits per heavy atom. The molecule has 2 heteroatoms. The lowest BCUT2D eigenvalue weighted by Crippen LogP contribution is -2.12. The van der Waals surface area contributed by atoms with Gasteiger partial charge in [-0.3, -0.25) is 0 Å². The number of hydrogen-bond acceptors (Lipinski definition) is 2. The van der Waals surface area contributed by atoms with Crippen LogP contribution in [0.1, 0.15) is 37.5 Å². The average molecular weight is 192 g/mol. The zero-order chi connectivity index (χ0) is 10.3. The second-order valence-electron chi connectivity index (χ2n) is 4.56. The highest BCUT2D eigenvalue weighted by Gasteiger charge is 2.35. The Kier molecular flexibility index (Phi) is 2.04. The van der Waals surface area contributed by atoms with Crippen LogP contribution in [0.15, 0.2) is 18.2 Å². The molecule has 1 atom stereocenters. The van der Waals surface area contributed by atoms with E-state index in [4.69, 9.17) is 4.74 Å². The fraction of sp³-hybridized carbons (Fsp3) is 0.500. The Morgan fingerprint density at radius 3 is 2.79 bits per heavy atom. The van der Waals surface area contributed by atoms with Crippen LogP contribution in [-0.2, 0) is 5.41 Å². The van der Waals surface area contributed by atoms with Gasteiger partial charge in [0.2, 0.25) is 0 Å². The van der Waals surface area contributed by atoms with E-state index in [0.717, 1.165) is 17.7 Å². The van der Waals surface area contributed by atoms with Crippen molar-refractivity contribution >= 4 is 0 Å². The molecule has 0 amide bonds. The molecule has 0 bridgehead atoms. The van der Waals surface area contributed by atoms with E-state index < -0.39 is 0 Å². The molecule has 1 aliphatic carbocycles. The molecule has 0 aromatic heterocycles. The summed E-state index contributed by atoms with van der Waals surface area (Å²) in [5.41, 5.74) is 2.35. The predicted octanol–water partition coefficient (Wildman–Crippen LogP) is 2.41. The summed E-state index contributed by atoms with van der Waals surface area (Å²) >= 11 is 0. The number of fused-ring (bicyclic) bond motifs is 1. The molecule has 0 unspecified atom stereocenters. The van der Waals surface area contributed by atoms with Crippen molar-refractivity contribution in [3.63, 3.8) is 0 Å². The van der Waals surface area contributed by atoms with Crippen molar-refractivity contribution in [2.45, 2.75) is 31.8 Å². The maximum Gasteiger partial charge on any atom is 0.119 e. The van der Waals surface area contributed by atoms with Gasteiger partial charge in [-0.2, -0.15) is 0 Å². The summed E-state index contributed by atoms with van der Waals surface area (Å²) in [6, 6.07) is 5.96. The fourth-order valence-corrected chi connectivity index (χ4v) is 2.26. The van der Waals surface area contributed by atoms with Gasteiger partial charge in [0.1, 0.15) is 5.75 Å². The summed E-state index contributed by atoms with van der Waals surface area (Å²) in [7, 11) is 1.65. The highest BCUT2D eigenvalue weighted by atomic mass is 16.5. The molecule has 0 saturated carbocycles. The minimum atomic E-state index is -0.338. The predicted molar refractivity (Wildman–Crippen MR) is 55.6 cm³/mol. The third-order valence-corrected chi connectivity index (χ3v) is 3.05. The lowest BCUT2D eigenvalue weighted by Gasteiger charge is -2.18. The number of methoxy groups -OCH3 is 1. The molecule has 0 saturated heterocycles. The molecule has 2 rings (SSSR count). The van der Waals surface area contributed by atoms with Gasteiger partial charge in [-0.1, -0.05) is 19.9 Å². The van der Waals surface area contributed by atoms with Gasteiger partial charge < -0.3 is 9.84 Å². The third kappa shape index (κ3) is 1.30. The van der Waals surface area contributed by atoms with Gasteiger partial charge in [-0.25, -0.2) is 0 Å². The van der Waals surface area contributed by atoms with Crippen LogP contribution in [0.5, 0.6) is 5.75 Å². The van der Waals surface area contributed by atoms with Gasteiger partial charge in [-0.15, -0.1) is 0 Å². The third-order valence-electron chi connectivity index (χ3n) is 3.05. The van der Waals surface area contributed by atoms with Gasteiger partial charge in [0.15, 0.2) is 0 Å². The second-order valence-corrected chi connectivity index (χ2v) is 4.56. The summed E-state index contributed by atoms with van der Waals surface area (Å²) in [5.74, 6) is 0.820. The molecule has 1 aromatic rings. The molecule has 0 heterocycles. The first-order chi connectivity index (χ1) is 6.54. The van der Waals surface area contributed by atoms with E-state index in [1.54, 1.807) is 7.11 Å². The molecule has 14 heavy (non-hydrogen) atoms. The van der Waals surface area contributed by atoms with E-state index in [1.807, 2.05) is 12.1 Å². The van der Waals surface area contributed by atoms with Crippen molar-refractivity contribution < 1.29 is 9.84 Å². The summed E-state index contributed by atoms with van der Waals surface area (Å²) in [6.07, 6.45) is 0.463. The lowest BCUT2D eigenvalue weighted by molar-refractivity contribution is 0.161. The molecule has 76 valence electrons. The maximum absolute atomic E-state index is 9.88. The minimum Gasteiger partial charge on any atom is -0.497 e. The molecule has 1 aliphatic rings. The fourth-order valence-electron chi connectivity index (χ4n) is 2.26. The van der Waals surface area contributed by atoms with E-state index in [-0.39, 0.29) is 11.5 Å². The van der Waals surface area contributed by atoms with Gasteiger partial charge in [0, 0.05) is 0 Å². The number of aliphatic hydroxyl groups is 1. The molecule has 1 N–H and O–H groups in total. The monoisotopic (exact) mass is 192 g/mol. The van der Waals surface area contributed by atoms with Crippen LogP contribution in [0.3, 0.4) is 0 Å². The van der Waals surface area contributed by atoms with Gasteiger partial charge in [0.05, 0.1) is 13.2 Å². The van der Waals surface area contributed by atoms with Crippen LogP contribution >= 0.6 is 0 Å². The van der Waals surface area contributed by atoms with Gasteiger partial charge >= 0.3 is 0 Å². The molecule has 2 nitrogen and oxygen atoms in total. The molecular formula is C12H16O2. The van der Waals surface area contributed by atoms with Crippen LogP contribution in [0.2, 0.25) is 0 Å². The molecule has 0 aliphatic heterocycles. The van der Waals surface area contributed by atoms with E-state index in [1.165, 1.54) is 5.56 Å². The van der Waals surface area contributed by atoms with E-state index >= 15 is 0 Å². The molecule has 0 radical (unpaired) electrons. The quantitative estimate of drug-likeness (QED) is 0.740. The van der Waals surface area contributed by atoms with Crippen LogP contribution in [0.25, 0.3) is 0 Å². The van der Waals surface area contributed by atoms with E-state index in [9.17, 15) is 5.11 Å². The highest BCUT2D eigenvalue weighted by molar-refractivity contribution is 5.44. The summed E-state index contributed by atoms with van der Waals surface area (Å²) in [6.45, 7) is 4.32. The van der Waals surface area contributed by atoms with Crippen molar-refractivity contribution in [1.82, 2.24) is 0 Å². The number of rotatable bonds is 1. The number of hydrogen-bond donors (Lipinski definition) is 1. The maximum atomic E-state index is 9.88. The Balaban J connectivity index is 2.52. The SMILES string of the molecule is COc1ccc2c(c1)[C@H](O)CC2(C)C. The van der Waals surface area contributed by atoms with Gasteiger partial charge in [-0.05, 0) is 35.1 Å². The summed E-state index contributed by atoms with van der Waals surface area (Å²) < 4.78 is 5.14. The zero-order valence-electron chi connectivity index (χ0n) is 8.87. The molecular weight excluding hydrogens is 176 g/mol. The zero-order valence-corrected chi connectivity index (χ0v) is 8.87. The topological polar surface area (TPSA) is 29.5 Å². The first kappa shape index (κ1) is 9.53. The van der Waals surface area contributed by atoms with Crippen LogP contribution in [0, 0.1) is 0 Å². The minimum absolute atomic E-state index is 0.0843. The summed E-state index contributed by atoms with van der Waals surface area (Å²) in [5, 5.41) is 9.88. The van der Waals surface area contributed by atoms with Crippen molar-refractivity contribution in [2.24, 2.45) is 0 Å². The van der Waals surface area contributed by atoms with Gasteiger partial charge in [0.25, 0.3) is 0 Å². The Morgan fingerprint density at radius 1 is 1.43 bits per heavy atom. The van der Waals surface area contributed by atoms with Crippen LogP contribution in [-0.4, -0.2) is 12.2 Å². The molecule has 1 aromatic carbocycles. The normalized spacial score (nSPS) is 23.3. The number of ether oxygens (including phenoxy) is 1.